The molecule has 0 bridgehead atoms. The van der Waals surface area contributed by atoms with Crippen molar-refractivity contribution < 1.29 is 9.32 Å². The van der Waals surface area contributed by atoms with Crippen LogP contribution in [0.2, 0.25) is 0 Å². The SMILES string of the molecule is Cc1nccc(C(=O)N2CC[C@H](Cc3cccc(-c4c(C)noc4C)n3)C2)n1. The Hall–Kier alpha value is -3.09. The average molecular weight is 377 g/mol. The third-order valence-corrected chi connectivity index (χ3v) is 5.16. The van der Waals surface area contributed by atoms with Crippen LogP contribution in [0.15, 0.2) is 35.0 Å². The summed E-state index contributed by atoms with van der Waals surface area (Å²) in [7, 11) is 0. The van der Waals surface area contributed by atoms with E-state index < -0.39 is 0 Å². The van der Waals surface area contributed by atoms with E-state index in [9.17, 15) is 4.79 Å². The van der Waals surface area contributed by atoms with Gasteiger partial charge in [-0.1, -0.05) is 11.2 Å². The molecule has 3 aromatic rings. The van der Waals surface area contributed by atoms with Crippen molar-refractivity contribution in [3.05, 3.63) is 59.1 Å². The molecule has 0 N–H and O–H groups in total. The van der Waals surface area contributed by atoms with Gasteiger partial charge in [0.25, 0.3) is 5.91 Å². The van der Waals surface area contributed by atoms with Crippen molar-refractivity contribution in [3.8, 4) is 11.3 Å². The zero-order valence-electron chi connectivity index (χ0n) is 16.3. The maximum absolute atomic E-state index is 12.7. The van der Waals surface area contributed by atoms with Gasteiger partial charge >= 0.3 is 0 Å². The zero-order valence-corrected chi connectivity index (χ0v) is 16.3. The highest BCUT2D eigenvalue weighted by molar-refractivity contribution is 5.92. The van der Waals surface area contributed by atoms with Crippen molar-refractivity contribution in [1.82, 2.24) is 25.0 Å². The van der Waals surface area contributed by atoms with E-state index in [0.29, 0.717) is 17.4 Å². The number of rotatable bonds is 4. The zero-order chi connectivity index (χ0) is 19.7. The molecule has 1 saturated heterocycles. The van der Waals surface area contributed by atoms with Gasteiger partial charge < -0.3 is 9.42 Å². The fourth-order valence-electron chi connectivity index (χ4n) is 3.80. The highest BCUT2D eigenvalue weighted by atomic mass is 16.5. The number of hydrogen-bond acceptors (Lipinski definition) is 6. The molecule has 28 heavy (non-hydrogen) atoms. The van der Waals surface area contributed by atoms with E-state index in [1.807, 2.05) is 36.9 Å². The lowest BCUT2D eigenvalue weighted by Gasteiger charge is -2.16. The van der Waals surface area contributed by atoms with Crippen LogP contribution in [0.1, 0.15) is 39.9 Å². The molecule has 0 spiro atoms. The molecule has 3 aromatic heterocycles. The minimum atomic E-state index is -0.0227. The molecule has 0 aliphatic carbocycles. The highest BCUT2D eigenvalue weighted by Crippen LogP contribution is 2.27. The predicted octanol–water partition coefficient (Wildman–Crippen LogP) is 3.16. The van der Waals surface area contributed by atoms with Crippen molar-refractivity contribution in [3.63, 3.8) is 0 Å². The largest absolute Gasteiger partial charge is 0.361 e. The Labute approximate surface area is 163 Å². The number of carbonyl (C=O) groups is 1. The van der Waals surface area contributed by atoms with Crippen molar-refractivity contribution in [2.24, 2.45) is 5.92 Å². The smallest absolute Gasteiger partial charge is 0.272 e. The van der Waals surface area contributed by atoms with Gasteiger partial charge in [-0.05, 0) is 57.7 Å². The van der Waals surface area contributed by atoms with E-state index in [1.165, 1.54) is 0 Å². The average Bonchev–Trinajstić information content (AvgIpc) is 3.28. The summed E-state index contributed by atoms with van der Waals surface area (Å²) in [5.74, 6) is 1.76. The van der Waals surface area contributed by atoms with Gasteiger partial charge in [0.1, 0.15) is 17.3 Å². The van der Waals surface area contributed by atoms with Crippen molar-refractivity contribution >= 4 is 5.91 Å². The number of nitrogens with zero attached hydrogens (tertiary/aromatic N) is 5. The van der Waals surface area contributed by atoms with Crippen LogP contribution in [0.4, 0.5) is 0 Å². The number of amides is 1. The lowest BCUT2D eigenvalue weighted by molar-refractivity contribution is 0.0780. The molecule has 144 valence electrons. The van der Waals surface area contributed by atoms with Gasteiger partial charge in [0.2, 0.25) is 0 Å². The van der Waals surface area contributed by atoms with E-state index in [-0.39, 0.29) is 5.91 Å². The number of aromatic nitrogens is 4. The third kappa shape index (κ3) is 3.65. The molecular weight excluding hydrogens is 354 g/mol. The summed E-state index contributed by atoms with van der Waals surface area (Å²) in [5, 5.41) is 4.02. The molecule has 0 unspecified atom stereocenters. The minimum Gasteiger partial charge on any atom is -0.361 e. The van der Waals surface area contributed by atoms with E-state index in [4.69, 9.17) is 9.51 Å². The van der Waals surface area contributed by atoms with Gasteiger partial charge in [-0.15, -0.1) is 0 Å². The summed E-state index contributed by atoms with van der Waals surface area (Å²) in [6, 6.07) is 7.72. The van der Waals surface area contributed by atoms with Gasteiger partial charge in [0.15, 0.2) is 0 Å². The first kappa shape index (κ1) is 18.3. The molecule has 4 rings (SSSR count). The number of hydrogen-bond donors (Lipinski definition) is 0. The molecule has 1 aliphatic rings. The fourth-order valence-corrected chi connectivity index (χ4v) is 3.80. The van der Waals surface area contributed by atoms with Crippen LogP contribution < -0.4 is 0 Å². The Bertz CT molecular complexity index is 994. The van der Waals surface area contributed by atoms with Gasteiger partial charge in [0.05, 0.1) is 17.0 Å². The van der Waals surface area contributed by atoms with Crippen LogP contribution >= 0.6 is 0 Å². The second-order valence-electron chi connectivity index (χ2n) is 7.31. The molecule has 0 saturated carbocycles. The molecular formula is C21H23N5O2. The Morgan fingerprint density at radius 2 is 2.07 bits per heavy atom. The molecule has 1 aliphatic heterocycles. The fraction of sp³-hybridized carbons (Fsp3) is 0.381. The monoisotopic (exact) mass is 377 g/mol. The third-order valence-electron chi connectivity index (χ3n) is 5.16. The Morgan fingerprint density at radius 1 is 1.21 bits per heavy atom. The van der Waals surface area contributed by atoms with Crippen LogP contribution in [0.25, 0.3) is 11.3 Å². The first-order valence-electron chi connectivity index (χ1n) is 9.49. The molecule has 1 fully saturated rings. The molecule has 0 radical (unpaired) electrons. The summed E-state index contributed by atoms with van der Waals surface area (Å²) in [4.78, 5) is 27.7. The highest BCUT2D eigenvalue weighted by Gasteiger charge is 2.28. The number of likely N-dealkylation sites (tertiary alicyclic amines) is 1. The predicted molar refractivity (Wildman–Crippen MR) is 104 cm³/mol. The lowest BCUT2D eigenvalue weighted by Crippen LogP contribution is -2.29. The standard InChI is InChI=1S/C21H23N5O2/c1-13-20(14(2)28-25-13)18-6-4-5-17(24-18)11-16-8-10-26(12-16)21(27)19-7-9-22-15(3)23-19/h4-7,9,16H,8,10-12H2,1-3H3/t16-/m1/s1. The van der Waals surface area contributed by atoms with Gasteiger partial charge in [-0.2, -0.15) is 0 Å². The molecule has 7 heteroatoms. The number of pyridine rings is 1. The van der Waals surface area contributed by atoms with Gasteiger partial charge in [0, 0.05) is 25.0 Å². The van der Waals surface area contributed by atoms with Gasteiger partial charge in [-0.25, -0.2) is 9.97 Å². The normalized spacial score (nSPS) is 16.5. The van der Waals surface area contributed by atoms with Crippen molar-refractivity contribution in [1.29, 1.82) is 0 Å². The Kier molecular flexibility index (Phi) is 4.90. The first-order valence-corrected chi connectivity index (χ1v) is 9.49. The molecule has 1 amide bonds. The first-order chi connectivity index (χ1) is 13.5. The summed E-state index contributed by atoms with van der Waals surface area (Å²) < 4.78 is 5.27. The van der Waals surface area contributed by atoms with Crippen LogP contribution in [0.3, 0.4) is 0 Å². The van der Waals surface area contributed by atoms with E-state index >= 15 is 0 Å². The summed E-state index contributed by atoms with van der Waals surface area (Å²) >= 11 is 0. The summed E-state index contributed by atoms with van der Waals surface area (Å²) in [6.45, 7) is 7.09. The number of carbonyl (C=O) groups excluding carboxylic acids is 1. The minimum absolute atomic E-state index is 0.0227. The maximum atomic E-state index is 12.7. The number of aryl methyl sites for hydroxylation is 3. The van der Waals surface area contributed by atoms with Crippen LogP contribution in [0.5, 0.6) is 0 Å². The molecule has 7 nitrogen and oxygen atoms in total. The quantitative estimate of drug-likeness (QED) is 0.694. The second kappa shape index (κ2) is 7.50. The molecule has 0 aromatic carbocycles. The van der Waals surface area contributed by atoms with E-state index in [1.54, 1.807) is 19.2 Å². The second-order valence-corrected chi connectivity index (χ2v) is 7.31. The van der Waals surface area contributed by atoms with Gasteiger partial charge in [-0.3, -0.25) is 9.78 Å². The lowest BCUT2D eigenvalue weighted by atomic mass is 10.0. The summed E-state index contributed by atoms with van der Waals surface area (Å²) in [6.07, 6.45) is 3.43. The van der Waals surface area contributed by atoms with Crippen molar-refractivity contribution in [2.75, 3.05) is 13.1 Å². The summed E-state index contributed by atoms with van der Waals surface area (Å²) in [5.41, 5.74) is 4.18. The van der Waals surface area contributed by atoms with E-state index in [0.717, 1.165) is 54.3 Å². The molecule has 1 atom stereocenters. The van der Waals surface area contributed by atoms with Crippen LogP contribution in [-0.4, -0.2) is 44.0 Å². The van der Waals surface area contributed by atoms with Crippen LogP contribution in [-0.2, 0) is 6.42 Å². The maximum Gasteiger partial charge on any atom is 0.272 e. The van der Waals surface area contributed by atoms with E-state index in [2.05, 4.69) is 15.1 Å². The van der Waals surface area contributed by atoms with Crippen LogP contribution in [0, 0.1) is 26.7 Å². The van der Waals surface area contributed by atoms with Crippen molar-refractivity contribution in [2.45, 2.75) is 33.6 Å². The Balaban J connectivity index is 1.45. The molecule has 4 heterocycles. The Morgan fingerprint density at radius 3 is 2.82 bits per heavy atom. The topological polar surface area (TPSA) is 85.0 Å².